The summed E-state index contributed by atoms with van der Waals surface area (Å²) in [6.45, 7) is 1.93. The molecular formula is C14H13BrO3S. The number of hydrogen-bond donors (Lipinski definition) is 0. The van der Waals surface area contributed by atoms with Gasteiger partial charge in [0.25, 0.3) is 0 Å². The third-order valence-electron chi connectivity index (χ3n) is 2.78. The lowest BCUT2D eigenvalue weighted by molar-refractivity contribution is 0.103. The molecule has 0 unspecified atom stereocenters. The van der Waals surface area contributed by atoms with Gasteiger partial charge in [-0.2, -0.15) is 0 Å². The smallest absolute Gasteiger partial charge is 0.194 e. The average molecular weight is 341 g/mol. The van der Waals surface area contributed by atoms with E-state index in [1.54, 1.807) is 43.8 Å². The van der Waals surface area contributed by atoms with Crippen molar-refractivity contribution in [3.05, 3.63) is 44.1 Å². The highest BCUT2D eigenvalue weighted by Crippen LogP contribution is 2.31. The molecule has 0 radical (unpaired) electrons. The molecule has 0 aliphatic heterocycles. The Morgan fingerprint density at radius 1 is 1.16 bits per heavy atom. The molecule has 0 bridgehead atoms. The first-order chi connectivity index (χ1) is 9.06. The van der Waals surface area contributed by atoms with Crippen LogP contribution in [0.2, 0.25) is 0 Å². The number of methoxy groups -OCH3 is 2. The van der Waals surface area contributed by atoms with E-state index in [0.717, 1.165) is 8.66 Å². The second-order valence-corrected chi connectivity index (χ2v) is 6.55. The first-order valence-corrected chi connectivity index (χ1v) is 7.20. The predicted molar refractivity (Wildman–Crippen MR) is 79.7 cm³/mol. The van der Waals surface area contributed by atoms with Crippen LogP contribution < -0.4 is 9.47 Å². The van der Waals surface area contributed by atoms with Gasteiger partial charge in [-0.1, -0.05) is 0 Å². The van der Waals surface area contributed by atoms with Crippen LogP contribution in [0, 0.1) is 6.92 Å². The van der Waals surface area contributed by atoms with Crippen LogP contribution in [0.1, 0.15) is 20.8 Å². The Labute approximate surface area is 124 Å². The lowest BCUT2D eigenvalue weighted by Crippen LogP contribution is -2.02. The molecule has 5 heteroatoms. The van der Waals surface area contributed by atoms with E-state index in [0.29, 0.717) is 22.6 Å². The van der Waals surface area contributed by atoms with Gasteiger partial charge in [0, 0.05) is 16.0 Å². The highest BCUT2D eigenvalue weighted by molar-refractivity contribution is 9.11. The van der Waals surface area contributed by atoms with Gasteiger partial charge in [-0.05, 0) is 47.1 Å². The lowest BCUT2D eigenvalue weighted by atomic mass is 10.0. The summed E-state index contributed by atoms with van der Waals surface area (Å²) in [6, 6.07) is 7.03. The fourth-order valence-corrected chi connectivity index (χ4v) is 3.49. The molecule has 1 heterocycles. The summed E-state index contributed by atoms with van der Waals surface area (Å²) in [5.41, 5.74) is 1.30. The van der Waals surface area contributed by atoms with Gasteiger partial charge >= 0.3 is 0 Å². The number of carbonyl (C=O) groups excluding carboxylic acids is 1. The molecule has 2 aromatic rings. The van der Waals surface area contributed by atoms with Crippen molar-refractivity contribution in [1.29, 1.82) is 0 Å². The van der Waals surface area contributed by atoms with Crippen molar-refractivity contribution < 1.29 is 14.3 Å². The summed E-state index contributed by atoms with van der Waals surface area (Å²) in [7, 11) is 3.12. The monoisotopic (exact) mass is 340 g/mol. The molecule has 100 valence electrons. The van der Waals surface area contributed by atoms with E-state index in [9.17, 15) is 4.79 Å². The van der Waals surface area contributed by atoms with Crippen LogP contribution in [-0.4, -0.2) is 20.0 Å². The molecule has 3 nitrogen and oxygen atoms in total. The van der Waals surface area contributed by atoms with E-state index in [2.05, 4.69) is 15.9 Å². The largest absolute Gasteiger partial charge is 0.493 e. The van der Waals surface area contributed by atoms with E-state index in [4.69, 9.17) is 9.47 Å². The van der Waals surface area contributed by atoms with Gasteiger partial charge in [-0.3, -0.25) is 4.79 Å². The number of hydrogen-bond acceptors (Lipinski definition) is 4. The lowest BCUT2D eigenvalue weighted by Gasteiger charge is -2.08. The van der Waals surface area contributed by atoms with E-state index in [-0.39, 0.29) is 5.78 Å². The number of thiophene rings is 1. The Morgan fingerprint density at radius 3 is 2.37 bits per heavy atom. The van der Waals surface area contributed by atoms with Crippen molar-refractivity contribution in [3.63, 3.8) is 0 Å². The van der Waals surface area contributed by atoms with E-state index >= 15 is 0 Å². The van der Waals surface area contributed by atoms with Gasteiger partial charge in [0.15, 0.2) is 17.3 Å². The number of carbonyl (C=O) groups is 1. The molecule has 0 saturated heterocycles. The van der Waals surface area contributed by atoms with Gasteiger partial charge in [0.2, 0.25) is 0 Å². The zero-order valence-corrected chi connectivity index (χ0v) is 13.2. The van der Waals surface area contributed by atoms with Crippen molar-refractivity contribution in [1.82, 2.24) is 0 Å². The molecule has 0 atom stereocenters. The maximum atomic E-state index is 12.4. The summed E-state index contributed by atoms with van der Waals surface area (Å²) >= 11 is 4.95. The molecule has 0 N–H and O–H groups in total. The Balaban J connectivity index is 2.42. The molecule has 1 aromatic heterocycles. The Hall–Kier alpha value is -1.33. The second-order valence-electron chi connectivity index (χ2n) is 3.92. The molecule has 19 heavy (non-hydrogen) atoms. The Bertz CT molecular complexity index is 619. The molecule has 1 aromatic carbocycles. The van der Waals surface area contributed by atoms with Crippen LogP contribution in [0.5, 0.6) is 11.5 Å². The third-order valence-corrected chi connectivity index (χ3v) is 4.33. The molecular weight excluding hydrogens is 328 g/mol. The number of rotatable bonds is 4. The number of ketones is 1. The summed E-state index contributed by atoms with van der Waals surface area (Å²) in [4.78, 5) is 13.4. The predicted octanol–water partition coefficient (Wildman–Crippen LogP) is 4.07. The SMILES string of the molecule is COc1ccc(C(=O)c2cc(Br)sc2C)cc1OC. The number of halogens is 1. The van der Waals surface area contributed by atoms with Gasteiger partial charge < -0.3 is 9.47 Å². The normalized spacial score (nSPS) is 10.3. The minimum atomic E-state index is -0.0135. The van der Waals surface area contributed by atoms with Crippen LogP contribution in [0.15, 0.2) is 28.1 Å². The molecule has 0 amide bonds. The zero-order chi connectivity index (χ0) is 14.0. The highest BCUT2D eigenvalue weighted by Gasteiger charge is 2.16. The van der Waals surface area contributed by atoms with Crippen LogP contribution in [0.3, 0.4) is 0 Å². The van der Waals surface area contributed by atoms with Crippen LogP contribution in [0.4, 0.5) is 0 Å². The van der Waals surface area contributed by atoms with Crippen LogP contribution in [0.25, 0.3) is 0 Å². The van der Waals surface area contributed by atoms with Crippen molar-refractivity contribution in [2.24, 2.45) is 0 Å². The Morgan fingerprint density at radius 2 is 1.84 bits per heavy atom. The second kappa shape index (κ2) is 5.75. The van der Waals surface area contributed by atoms with E-state index in [1.807, 2.05) is 13.0 Å². The molecule has 0 spiro atoms. The topological polar surface area (TPSA) is 35.5 Å². The van der Waals surface area contributed by atoms with Crippen LogP contribution >= 0.6 is 27.3 Å². The quantitative estimate of drug-likeness (QED) is 0.787. The van der Waals surface area contributed by atoms with Gasteiger partial charge in [0.05, 0.1) is 18.0 Å². The summed E-state index contributed by atoms with van der Waals surface area (Å²) < 4.78 is 11.3. The first kappa shape index (κ1) is 14.1. The first-order valence-electron chi connectivity index (χ1n) is 5.59. The minimum absolute atomic E-state index is 0.0135. The van der Waals surface area contributed by atoms with Gasteiger partial charge in [0.1, 0.15) is 0 Å². The van der Waals surface area contributed by atoms with E-state index < -0.39 is 0 Å². The standard InChI is InChI=1S/C14H13BrO3S/c1-8-10(7-13(15)19-8)14(16)9-4-5-11(17-2)12(6-9)18-3/h4-7H,1-3H3. The number of benzene rings is 1. The average Bonchev–Trinajstić information content (AvgIpc) is 2.76. The zero-order valence-electron chi connectivity index (χ0n) is 10.8. The number of ether oxygens (including phenoxy) is 2. The summed E-state index contributed by atoms with van der Waals surface area (Å²) in [5.74, 6) is 1.16. The molecule has 2 rings (SSSR count). The van der Waals surface area contributed by atoms with Crippen molar-refractivity contribution in [3.8, 4) is 11.5 Å². The van der Waals surface area contributed by atoms with Crippen molar-refractivity contribution in [2.75, 3.05) is 14.2 Å². The summed E-state index contributed by atoms with van der Waals surface area (Å²) in [5, 5.41) is 0. The maximum Gasteiger partial charge on any atom is 0.194 e. The van der Waals surface area contributed by atoms with Gasteiger partial charge in [-0.15, -0.1) is 11.3 Å². The van der Waals surface area contributed by atoms with Crippen molar-refractivity contribution >= 4 is 33.0 Å². The highest BCUT2D eigenvalue weighted by atomic mass is 79.9. The van der Waals surface area contributed by atoms with Crippen molar-refractivity contribution in [2.45, 2.75) is 6.92 Å². The minimum Gasteiger partial charge on any atom is -0.493 e. The fourth-order valence-electron chi connectivity index (χ4n) is 1.80. The fraction of sp³-hybridized carbons (Fsp3) is 0.214. The van der Waals surface area contributed by atoms with Gasteiger partial charge in [-0.25, -0.2) is 0 Å². The maximum absolute atomic E-state index is 12.4. The summed E-state index contributed by atoms with van der Waals surface area (Å²) in [6.07, 6.45) is 0. The molecule has 0 fully saturated rings. The van der Waals surface area contributed by atoms with E-state index in [1.165, 1.54) is 0 Å². The molecule has 0 saturated carbocycles. The number of aryl methyl sites for hydroxylation is 1. The third kappa shape index (κ3) is 2.82. The molecule has 0 aliphatic rings. The van der Waals surface area contributed by atoms with Crippen LogP contribution in [-0.2, 0) is 0 Å². The molecule has 0 aliphatic carbocycles. The Kier molecular flexibility index (Phi) is 4.27.